The zero-order valence-corrected chi connectivity index (χ0v) is 12.7. The van der Waals surface area contributed by atoms with Gasteiger partial charge in [-0.15, -0.1) is 0 Å². The molecule has 21 heavy (non-hydrogen) atoms. The maximum Gasteiger partial charge on any atom is 0.306 e. The lowest BCUT2D eigenvalue weighted by atomic mass is 10.1. The first-order valence-corrected chi connectivity index (χ1v) is 7.05. The highest BCUT2D eigenvalue weighted by Gasteiger charge is 2.11. The molecule has 5 nitrogen and oxygen atoms in total. The van der Waals surface area contributed by atoms with Crippen molar-refractivity contribution in [3.8, 4) is 0 Å². The first kappa shape index (κ1) is 17.2. The quantitative estimate of drug-likeness (QED) is 0.648. The van der Waals surface area contributed by atoms with Gasteiger partial charge in [-0.25, -0.2) is 0 Å². The highest BCUT2D eigenvalue weighted by molar-refractivity contribution is 5.70. The zero-order chi connectivity index (χ0) is 15.5. The van der Waals surface area contributed by atoms with E-state index in [2.05, 4.69) is 26.5 Å². The van der Waals surface area contributed by atoms with E-state index in [1.165, 1.54) is 19.8 Å². The second-order valence-electron chi connectivity index (χ2n) is 4.73. The summed E-state index contributed by atoms with van der Waals surface area (Å²) in [7, 11) is 2.76. The van der Waals surface area contributed by atoms with Crippen molar-refractivity contribution >= 4 is 11.9 Å². The van der Waals surface area contributed by atoms with Gasteiger partial charge in [0, 0.05) is 19.6 Å². The number of ether oxygens (including phenoxy) is 2. The summed E-state index contributed by atoms with van der Waals surface area (Å²) in [6, 6.07) is 10.1. The largest absolute Gasteiger partial charge is 0.469 e. The molecule has 1 rings (SSSR count). The van der Waals surface area contributed by atoms with Gasteiger partial charge in [-0.3, -0.25) is 9.59 Å². The topological polar surface area (TPSA) is 55.8 Å². The molecule has 0 spiro atoms. The Balaban J connectivity index is 2.45. The summed E-state index contributed by atoms with van der Waals surface area (Å²) in [6.07, 6.45) is 1.53. The number of rotatable bonds is 9. The summed E-state index contributed by atoms with van der Waals surface area (Å²) in [5.74, 6) is -0.476. The minimum Gasteiger partial charge on any atom is -0.469 e. The van der Waals surface area contributed by atoms with Crippen molar-refractivity contribution in [2.24, 2.45) is 0 Å². The SMILES string of the molecule is COC(=O)CCN(CCC(=O)OC)CCc1ccccc1. The molecule has 0 atom stereocenters. The van der Waals surface area contributed by atoms with Crippen LogP contribution in [0.5, 0.6) is 0 Å². The standard InChI is InChI=1S/C16H23NO4/c1-20-15(18)9-12-17(13-10-16(19)21-2)11-8-14-6-4-3-5-7-14/h3-7H,8-13H2,1-2H3. The first-order chi connectivity index (χ1) is 10.2. The van der Waals surface area contributed by atoms with Crippen molar-refractivity contribution in [2.75, 3.05) is 33.9 Å². The van der Waals surface area contributed by atoms with Crippen LogP contribution in [0, 0.1) is 0 Å². The predicted octanol–water partition coefficient (Wildman–Crippen LogP) is 1.66. The molecule has 0 heterocycles. The Bertz CT molecular complexity index is 413. The van der Waals surface area contributed by atoms with Crippen molar-refractivity contribution in [3.05, 3.63) is 35.9 Å². The fourth-order valence-electron chi connectivity index (χ4n) is 1.97. The van der Waals surface area contributed by atoms with Crippen LogP contribution in [0.2, 0.25) is 0 Å². The van der Waals surface area contributed by atoms with E-state index in [9.17, 15) is 9.59 Å². The Morgan fingerprint density at radius 3 is 1.90 bits per heavy atom. The second-order valence-corrected chi connectivity index (χ2v) is 4.73. The Hall–Kier alpha value is -1.88. The van der Waals surface area contributed by atoms with E-state index in [-0.39, 0.29) is 11.9 Å². The molecular formula is C16H23NO4. The number of carbonyl (C=O) groups is 2. The van der Waals surface area contributed by atoms with Gasteiger partial charge in [0.25, 0.3) is 0 Å². The zero-order valence-electron chi connectivity index (χ0n) is 12.7. The lowest BCUT2D eigenvalue weighted by Gasteiger charge is -2.21. The fraction of sp³-hybridized carbons (Fsp3) is 0.500. The molecule has 5 heteroatoms. The van der Waals surface area contributed by atoms with E-state index in [4.69, 9.17) is 0 Å². The van der Waals surface area contributed by atoms with Gasteiger partial charge >= 0.3 is 11.9 Å². The smallest absolute Gasteiger partial charge is 0.306 e. The van der Waals surface area contributed by atoms with Gasteiger partial charge in [0.1, 0.15) is 0 Å². The van der Waals surface area contributed by atoms with Crippen LogP contribution in [-0.2, 0) is 25.5 Å². The average Bonchev–Trinajstić information content (AvgIpc) is 2.54. The molecule has 0 aromatic heterocycles. The molecule has 0 aliphatic rings. The molecule has 116 valence electrons. The summed E-state index contributed by atoms with van der Waals surface area (Å²) in [5, 5.41) is 0. The molecule has 0 saturated heterocycles. The lowest BCUT2D eigenvalue weighted by Crippen LogP contribution is -2.31. The number of hydrogen-bond acceptors (Lipinski definition) is 5. The Morgan fingerprint density at radius 2 is 1.43 bits per heavy atom. The van der Waals surface area contributed by atoms with Crippen molar-refractivity contribution in [1.82, 2.24) is 4.90 Å². The number of esters is 2. The van der Waals surface area contributed by atoms with Crippen LogP contribution in [-0.4, -0.2) is 50.7 Å². The maximum atomic E-state index is 11.2. The van der Waals surface area contributed by atoms with Gasteiger partial charge in [0.15, 0.2) is 0 Å². The monoisotopic (exact) mass is 293 g/mol. The summed E-state index contributed by atoms with van der Waals surface area (Å²) in [6.45, 7) is 1.95. The molecule has 0 aliphatic carbocycles. The van der Waals surface area contributed by atoms with E-state index < -0.39 is 0 Å². The Kier molecular flexibility index (Phi) is 8.12. The molecule has 0 N–H and O–H groups in total. The number of methoxy groups -OCH3 is 2. The van der Waals surface area contributed by atoms with Crippen molar-refractivity contribution < 1.29 is 19.1 Å². The molecule has 0 aliphatic heterocycles. The molecule has 0 radical (unpaired) electrons. The number of nitrogens with zero attached hydrogens (tertiary/aromatic N) is 1. The molecule has 0 bridgehead atoms. The van der Waals surface area contributed by atoms with Gasteiger partial charge < -0.3 is 14.4 Å². The van der Waals surface area contributed by atoms with Crippen LogP contribution < -0.4 is 0 Å². The van der Waals surface area contributed by atoms with E-state index >= 15 is 0 Å². The van der Waals surface area contributed by atoms with Gasteiger partial charge in [0.2, 0.25) is 0 Å². The molecular weight excluding hydrogens is 270 g/mol. The van der Waals surface area contributed by atoms with Crippen molar-refractivity contribution in [1.29, 1.82) is 0 Å². The highest BCUT2D eigenvalue weighted by Crippen LogP contribution is 2.04. The van der Waals surface area contributed by atoms with E-state index in [0.717, 1.165) is 13.0 Å². The number of hydrogen-bond donors (Lipinski definition) is 0. The van der Waals surface area contributed by atoms with E-state index in [1.54, 1.807) is 0 Å². The molecule has 0 unspecified atom stereocenters. The predicted molar refractivity (Wildman–Crippen MR) is 79.9 cm³/mol. The van der Waals surface area contributed by atoms with Crippen molar-refractivity contribution in [3.63, 3.8) is 0 Å². The minimum atomic E-state index is -0.238. The van der Waals surface area contributed by atoms with Crippen LogP contribution in [0.15, 0.2) is 30.3 Å². The van der Waals surface area contributed by atoms with Gasteiger partial charge in [-0.2, -0.15) is 0 Å². The first-order valence-electron chi connectivity index (χ1n) is 7.05. The summed E-state index contributed by atoms with van der Waals surface area (Å²) in [5.41, 5.74) is 1.23. The van der Waals surface area contributed by atoms with Crippen molar-refractivity contribution in [2.45, 2.75) is 19.3 Å². The van der Waals surface area contributed by atoms with Crippen LogP contribution in [0.25, 0.3) is 0 Å². The molecule has 0 fully saturated rings. The van der Waals surface area contributed by atoms with Gasteiger partial charge in [-0.05, 0) is 12.0 Å². The Morgan fingerprint density at radius 1 is 0.905 bits per heavy atom. The molecule has 1 aromatic carbocycles. The Labute approximate surface area is 125 Å². The highest BCUT2D eigenvalue weighted by atomic mass is 16.5. The summed E-state index contributed by atoms with van der Waals surface area (Å²) >= 11 is 0. The third-order valence-corrected chi connectivity index (χ3v) is 3.28. The van der Waals surface area contributed by atoms with Gasteiger partial charge in [0.05, 0.1) is 27.1 Å². The third-order valence-electron chi connectivity index (χ3n) is 3.28. The molecule has 0 saturated carbocycles. The molecule has 1 aromatic rings. The number of benzene rings is 1. The van der Waals surface area contributed by atoms with Crippen LogP contribution >= 0.6 is 0 Å². The summed E-state index contributed by atoms with van der Waals surface area (Å²) < 4.78 is 9.31. The van der Waals surface area contributed by atoms with E-state index in [0.29, 0.717) is 25.9 Å². The van der Waals surface area contributed by atoms with E-state index in [1.807, 2.05) is 18.2 Å². The van der Waals surface area contributed by atoms with Crippen LogP contribution in [0.1, 0.15) is 18.4 Å². The normalized spacial score (nSPS) is 10.4. The number of carbonyl (C=O) groups excluding carboxylic acids is 2. The average molecular weight is 293 g/mol. The second kappa shape index (κ2) is 9.94. The third kappa shape index (κ3) is 7.46. The van der Waals surface area contributed by atoms with Crippen LogP contribution in [0.3, 0.4) is 0 Å². The van der Waals surface area contributed by atoms with Gasteiger partial charge in [-0.1, -0.05) is 30.3 Å². The molecule has 0 amide bonds. The maximum absolute atomic E-state index is 11.2. The fourth-order valence-corrected chi connectivity index (χ4v) is 1.97. The van der Waals surface area contributed by atoms with Crippen LogP contribution in [0.4, 0.5) is 0 Å². The minimum absolute atomic E-state index is 0.238. The lowest BCUT2D eigenvalue weighted by molar-refractivity contribution is -0.141. The summed E-state index contributed by atoms with van der Waals surface area (Å²) in [4.78, 5) is 24.6.